The minimum Gasteiger partial charge on any atom is -0.336 e. The largest absolute Gasteiger partial charge is 0.471 e. The minimum atomic E-state index is -4.72. The van der Waals surface area contributed by atoms with Gasteiger partial charge in [0.25, 0.3) is 0 Å². The summed E-state index contributed by atoms with van der Waals surface area (Å²) < 4.78 is 42.2. The summed E-state index contributed by atoms with van der Waals surface area (Å²) in [5.74, 6) is -1.63. The number of urea groups is 2. The SMILES string of the molecule is O=C(NCC1CCCCN1C(=O)Nc1ccc(-c2noc(C(F)(F)F)n2)cc1)Nc1ccccc1. The third-order valence-electron chi connectivity index (χ3n) is 5.48. The quantitative estimate of drug-likeness (QED) is 0.470. The molecular formula is C23H23F3N6O3. The standard InChI is InChI=1S/C23H23F3N6O3/c24-23(25,26)20-30-19(31-35-20)15-9-11-17(12-10-15)29-22(34)32-13-5-4-8-18(32)14-27-21(33)28-16-6-2-1-3-7-16/h1-3,6-7,9-12,18H,4-5,8,13-14H2,(H,29,34)(H2,27,28,33). The minimum absolute atomic E-state index is 0.176. The number of hydrogen-bond acceptors (Lipinski definition) is 5. The fourth-order valence-electron chi connectivity index (χ4n) is 3.74. The molecule has 1 aromatic heterocycles. The van der Waals surface area contributed by atoms with Crippen LogP contribution in [0.5, 0.6) is 0 Å². The number of carbonyl (C=O) groups is 2. The Morgan fingerprint density at radius 1 is 1.00 bits per heavy atom. The average molecular weight is 488 g/mol. The first-order valence-corrected chi connectivity index (χ1v) is 11.0. The van der Waals surface area contributed by atoms with Crippen LogP contribution in [0.4, 0.5) is 34.1 Å². The number of piperidine rings is 1. The molecule has 1 atom stereocenters. The number of para-hydroxylation sites is 1. The van der Waals surface area contributed by atoms with Gasteiger partial charge >= 0.3 is 24.1 Å². The van der Waals surface area contributed by atoms with Gasteiger partial charge in [-0.05, 0) is 55.7 Å². The molecule has 35 heavy (non-hydrogen) atoms. The molecule has 9 nitrogen and oxygen atoms in total. The molecule has 184 valence electrons. The zero-order valence-corrected chi connectivity index (χ0v) is 18.5. The third kappa shape index (κ3) is 6.28. The maximum absolute atomic E-state index is 12.9. The number of aromatic nitrogens is 2. The van der Waals surface area contributed by atoms with E-state index in [0.717, 1.165) is 19.3 Å². The molecule has 1 saturated heterocycles. The second-order valence-corrected chi connectivity index (χ2v) is 7.97. The maximum Gasteiger partial charge on any atom is 0.471 e. The van der Waals surface area contributed by atoms with Crippen molar-refractivity contribution in [2.45, 2.75) is 31.5 Å². The van der Waals surface area contributed by atoms with Crippen molar-refractivity contribution in [3.05, 3.63) is 60.5 Å². The number of carbonyl (C=O) groups excluding carboxylic acids is 2. The molecule has 4 amide bonds. The van der Waals surface area contributed by atoms with Gasteiger partial charge in [0.2, 0.25) is 5.82 Å². The highest BCUT2D eigenvalue weighted by Crippen LogP contribution is 2.29. The normalized spacial score (nSPS) is 16.0. The number of alkyl halides is 3. The number of amides is 4. The lowest BCUT2D eigenvalue weighted by atomic mass is 10.0. The number of anilines is 2. The predicted octanol–water partition coefficient (Wildman–Crippen LogP) is 4.96. The van der Waals surface area contributed by atoms with Crippen LogP contribution < -0.4 is 16.0 Å². The number of nitrogens with zero attached hydrogens (tertiary/aromatic N) is 3. The highest BCUT2D eigenvalue weighted by Gasteiger charge is 2.38. The van der Waals surface area contributed by atoms with Crippen LogP contribution in [-0.2, 0) is 6.18 Å². The van der Waals surface area contributed by atoms with Crippen molar-refractivity contribution in [1.82, 2.24) is 20.4 Å². The summed E-state index contributed by atoms with van der Waals surface area (Å²) in [7, 11) is 0. The monoisotopic (exact) mass is 488 g/mol. The molecule has 1 aliphatic heterocycles. The molecule has 0 aliphatic carbocycles. The molecule has 0 saturated carbocycles. The molecule has 1 fully saturated rings. The van der Waals surface area contributed by atoms with Gasteiger partial charge in [0, 0.05) is 30.0 Å². The van der Waals surface area contributed by atoms with E-state index in [4.69, 9.17) is 0 Å². The summed E-state index contributed by atoms with van der Waals surface area (Å²) in [5.41, 5.74) is 1.44. The number of benzene rings is 2. The highest BCUT2D eigenvalue weighted by atomic mass is 19.4. The molecule has 12 heteroatoms. The Hall–Kier alpha value is -4.09. The molecular weight excluding hydrogens is 465 g/mol. The summed E-state index contributed by atoms with van der Waals surface area (Å²) in [6.45, 7) is 0.837. The van der Waals surface area contributed by atoms with Crippen molar-refractivity contribution in [3.63, 3.8) is 0 Å². The second-order valence-electron chi connectivity index (χ2n) is 7.97. The fraction of sp³-hybridized carbons (Fsp3) is 0.304. The first-order valence-electron chi connectivity index (χ1n) is 11.0. The Morgan fingerprint density at radius 2 is 1.71 bits per heavy atom. The lowest BCUT2D eigenvalue weighted by Gasteiger charge is -2.35. The van der Waals surface area contributed by atoms with Crippen molar-refractivity contribution in [2.24, 2.45) is 0 Å². The van der Waals surface area contributed by atoms with Crippen LogP contribution in [0, 0.1) is 0 Å². The third-order valence-corrected chi connectivity index (χ3v) is 5.48. The van der Waals surface area contributed by atoms with E-state index in [0.29, 0.717) is 30.0 Å². The molecule has 0 radical (unpaired) electrons. The molecule has 0 spiro atoms. The van der Waals surface area contributed by atoms with Gasteiger partial charge in [-0.2, -0.15) is 18.2 Å². The smallest absolute Gasteiger partial charge is 0.336 e. The maximum atomic E-state index is 12.9. The van der Waals surface area contributed by atoms with Crippen LogP contribution in [-0.4, -0.2) is 46.2 Å². The van der Waals surface area contributed by atoms with Crippen LogP contribution in [0.15, 0.2) is 59.1 Å². The Kier molecular flexibility index (Phi) is 7.18. The van der Waals surface area contributed by atoms with E-state index in [1.165, 1.54) is 12.1 Å². The number of nitrogens with one attached hydrogen (secondary N) is 3. The molecule has 1 unspecified atom stereocenters. The number of likely N-dealkylation sites (tertiary alicyclic amines) is 1. The Balaban J connectivity index is 1.33. The van der Waals surface area contributed by atoms with E-state index < -0.39 is 12.1 Å². The van der Waals surface area contributed by atoms with Crippen molar-refractivity contribution < 1.29 is 27.3 Å². The van der Waals surface area contributed by atoms with Crippen LogP contribution >= 0.6 is 0 Å². The highest BCUT2D eigenvalue weighted by molar-refractivity contribution is 5.90. The first-order chi connectivity index (χ1) is 16.8. The van der Waals surface area contributed by atoms with Crippen LogP contribution in [0.3, 0.4) is 0 Å². The van der Waals surface area contributed by atoms with Crippen molar-refractivity contribution in [3.8, 4) is 11.4 Å². The van der Waals surface area contributed by atoms with Gasteiger partial charge in [-0.15, -0.1) is 0 Å². The summed E-state index contributed by atoms with van der Waals surface area (Å²) in [5, 5.41) is 11.7. The zero-order valence-electron chi connectivity index (χ0n) is 18.5. The number of rotatable bonds is 5. The lowest BCUT2D eigenvalue weighted by molar-refractivity contribution is -0.159. The Labute approximate surface area is 198 Å². The van der Waals surface area contributed by atoms with Crippen LogP contribution in [0.25, 0.3) is 11.4 Å². The molecule has 3 aromatic rings. The lowest BCUT2D eigenvalue weighted by Crippen LogP contribution is -2.51. The van der Waals surface area contributed by atoms with Crippen LogP contribution in [0.1, 0.15) is 25.2 Å². The van der Waals surface area contributed by atoms with Gasteiger partial charge < -0.3 is 25.4 Å². The van der Waals surface area contributed by atoms with E-state index in [1.54, 1.807) is 29.2 Å². The molecule has 2 heterocycles. The van der Waals surface area contributed by atoms with Gasteiger partial charge in [0.1, 0.15) is 0 Å². The molecule has 4 rings (SSSR count). The topological polar surface area (TPSA) is 112 Å². The second kappa shape index (κ2) is 10.5. The molecule has 0 bridgehead atoms. The van der Waals surface area contributed by atoms with Gasteiger partial charge in [0.15, 0.2) is 0 Å². The molecule has 1 aliphatic rings. The van der Waals surface area contributed by atoms with Crippen molar-refractivity contribution >= 4 is 23.4 Å². The van der Waals surface area contributed by atoms with Gasteiger partial charge in [-0.1, -0.05) is 23.4 Å². The summed E-state index contributed by atoms with van der Waals surface area (Å²) >= 11 is 0. The number of hydrogen-bond donors (Lipinski definition) is 3. The van der Waals surface area contributed by atoms with Gasteiger partial charge in [-0.25, -0.2) is 9.59 Å². The van der Waals surface area contributed by atoms with Gasteiger partial charge in [-0.3, -0.25) is 0 Å². The Bertz CT molecular complexity index is 1150. The summed E-state index contributed by atoms with van der Waals surface area (Å²) in [6.07, 6.45) is -2.19. The van der Waals surface area contributed by atoms with E-state index in [2.05, 4.69) is 30.6 Å². The van der Waals surface area contributed by atoms with E-state index in [9.17, 15) is 22.8 Å². The molecule has 3 N–H and O–H groups in total. The van der Waals surface area contributed by atoms with E-state index in [1.807, 2.05) is 18.2 Å². The fourth-order valence-corrected chi connectivity index (χ4v) is 3.74. The predicted molar refractivity (Wildman–Crippen MR) is 122 cm³/mol. The zero-order chi connectivity index (χ0) is 24.8. The summed E-state index contributed by atoms with van der Waals surface area (Å²) in [4.78, 5) is 30.1. The van der Waals surface area contributed by atoms with E-state index in [-0.39, 0.29) is 23.9 Å². The van der Waals surface area contributed by atoms with Crippen molar-refractivity contribution in [2.75, 3.05) is 23.7 Å². The average Bonchev–Trinajstić information content (AvgIpc) is 3.35. The Morgan fingerprint density at radius 3 is 2.40 bits per heavy atom. The summed E-state index contributed by atoms with van der Waals surface area (Å²) in [6, 6.07) is 14.2. The van der Waals surface area contributed by atoms with Gasteiger partial charge in [0.05, 0.1) is 6.04 Å². The first kappa shape index (κ1) is 24.0. The van der Waals surface area contributed by atoms with E-state index >= 15 is 0 Å². The van der Waals surface area contributed by atoms with Crippen molar-refractivity contribution in [1.29, 1.82) is 0 Å². The molecule has 2 aromatic carbocycles. The van der Waals surface area contributed by atoms with Crippen LogP contribution in [0.2, 0.25) is 0 Å². The number of halogens is 3.